The summed E-state index contributed by atoms with van der Waals surface area (Å²) in [6, 6.07) is 3.60. The van der Waals surface area contributed by atoms with Crippen LogP contribution in [0.5, 0.6) is 0 Å². The van der Waals surface area contributed by atoms with E-state index >= 15 is 0 Å². The average molecular weight is 257 g/mol. The first-order valence-corrected chi connectivity index (χ1v) is 5.85. The molecule has 0 fully saturated rings. The number of amides is 2. The lowest BCUT2D eigenvalue weighted by atomic mass is 9.87. The quantitative estimate of drug-likeness (QED) is 0.797. The molecule has 0 radical (unpaired) electrons. The van der Waals surface area contributed by atoms with Crippen LogP contribution in [0.1, 0.15) is 12.7 Å². The van der Waals surface area contributed by atoms with Gasteiger partial charge in [-0.1, -0.05) is 0 Å². The molecule has 1 aromatic heterocycles. The summed E-state index contributed by atoms with van der Waals surface area (Å²) < 4.78 is 5.26. The summed E-state index contributed by atoms with van der Waals surface area (Å²) >= 11 is 0. The zero-order valence-corrected chi connectivity index (χ0v) is 10.2. The van der Waals surface area contributed by atoms with Gasteiger partial charge in [-0.25, -0.2) is 10.4 Å². The number of nitrogens with zero attached hydrogens (tertiary/aromatic N) is 2. The molecule has 6 nitrogen and oxygen atoms in total. The van der Waals surface area contributed by atoms with Crippen LogP contribution in [0, 0.1) is 5.92 Å². The fraction of sp³-hybridized carbons (Fsp3) is 0.231. The maximum absolute atomic E-state index is 11.8. The van der Waals surface area contributed by atoms with E-state index in [0.717, 1.165) is 5.76 Å². The molecule has 0 bridgehead atoms. The first-order chi connectivity index (χ1) is 9.15. The van der Waals surface area contributed by atoms with Crippen molar-refractivity contribution in [3.05, 3.63) is 35.8 Å². The normalized spacial score (nSPS) is 22.2. The fourth-order valence-electron chi connectivity index (χ4n) is 2.19. The van der Waals surface area contributed by atoms with Crippen LogP contribution in [0.4, 0.5) is 0 Å². The number of carbonyl (C=O) groups excluding carboxylic acids is 2. The molecule has 1 aromatic rings. The van der Waals surface area contributed by atoms with Crippen molar-refractivity contribution in [1.82, 2.24) is 5.43 Å². The van der Waals surface area contributed by atoms with Gasteiger partial charge in [0.25, 0.3) is 11.8 Å². The van der Waals surface area contributed by atoms with Gasteiger partial charge in [0.15, 0.2) is 0 Å². The second-order valence-electron chi connectivity index (χ2n) is 4.41. The Labute approximate surface area is 108 Å². The van der Waals surface area contributed by atoms with Crippen molar-refractivity contribution < 1.29 is 14.0 Å². The largest absolute Gasteiger partial charge is 0.469 e. The van der Waals surface area contributed by atoms with E-state index in [1.807, 2.05) is 6.07 Å². The Morgan fingerprint density at radius 3 is 3.00 bits per heavy atom. The SMILES string of the molecule is CC1=NC(=O)[C@@H]2C(=O)NN=C(Cc3ccco3)C2=C1. The second kappa shape index (κ2) is 4.31. The van der Waals surface area contributed by atoms with Gasteiger partial charge in [0, 0.05) is 5.71 Å². The summed E-state index contributed by atoms with van der Waals surface area (Å²) in [5.74, 6) is -1.04. The molecule has 3 heterocycles. The second-order valence-corrected chi connectivity index (χ2v) is 4.41. The lowest BCUT2D eigenvalue weighted by molar-refractivity contribution is -0.131. The van der Waals surface area contributed by atoms with Crippen LogP contribution in [-0.4, -0.2) is 23.2 Å². The Kier molecular flexibility index (Phi) is 2.63. The van der Waals surface area contributed by atoms with Crippen molar-refractivity contribution in [1.29, 1.82) is 0 Å². The van der Waals surface area contributed by atoms with Gasteiger partial charge < -0.3 is 4.42 Å². The minimum absolute atomic E-state index is 0.427. The molecule has 1 N–H and O–H groups in total. The van der Waals surface area contributed by atoms with Crippen LogP contribution in [0.3, 0.4) is 0 Å². The molecule has 0 spiro atoms. The van der Waals surface area contributed by atoms with E-state index in [2.05, 4.69) is 15.5 Å². The minimum Gasteiger partial charge on any atom is -0.469 e. The Hall–Kier alpha value is -2.50. The lowest BCUT2D eigenvalue weighted by Gasteiger charge is -2.24. The van der Waals surface area contributed by atoms with Crippen LogP contribution in [0.25, 0.3) is 0 Å². The number of hydrogen-bond donors (Lipinski definition) is 1. The number of carbonyl (C=O) groups is 2. The third-order valence-corrected chi connectivity index (χ3v) is 3.03. The molecule has 2 amide bonds. The van der Waals surface area contributed by atoms with Crippen molar-refractivity contribution in [2.24, 2.45) is 16.0 Å². The molecule has 2 aliphatic rings. The van der Waals surface area contributed by atoms with E-state index in [4.69, 9.17) is 4.42 Å². The number of dihydropyridines is 1. The summed E-state index contributed by atoms with van der Waals surface area (Å²) in [6.45, 7) is 1.72. The van der Waals surface area contributed by atoms with Gasteiger partial charge in [-0.15, -0.1) is 0 Å². The van der Waals surface area contributed by atoms with Crippen molar-refractivity contribution in [2.75, 3.05) is 0 Å². The van der Waals surface area contributed by atoms with Gasteiger partial charge in [0.05, 0.1) is 18.4 Å². The van der Waals surface area contributed by atoms with Crippen molar-refractivity contribution >= 4 is 23.2 Å². The van der Waals surface area contributed by atoms with Crippen molar-refractivity contribution in [3.63, 3.8) is 0 Å². The number of nitrogens with one attached hydrogen (secondary N) is 1. The lowest BCUT2D eigenvalue weighted by Crippen LogP contribution is -2.42. The molecule has 96 valence electrons. The molecule has 0 unspecified atom stereocenters. The van der Waals surface area contributed by atoms with Crippen LogP contribution in [-0.2, 0) is 16.0 Å². The molecular weight excluding hydrogens is 246 g/mol. The summed E-state index contributed by atoms with van der Waals surface area (Å²) in [6.07, 6.45) is 3.73. The summed E-state index contributed by atoms with van der Waals surface area (Å²) in [7, 11) is 0. The molecule has 19 heavy (non-hydrogen) atoms. The highest BCUT2D eigenvalue weighted by molar-refractivity contribution is 6.23. The summed E-state index contributed by atoms with van der Waals surface area (Å²) in [4.78, 5) is 27.4. The molecule has 0 saturated heterocycles. The maximum Gasteiger partial charge on any atom is 0.263 e. The highest BCUT2D eigenvalue weighted by atomic mass is 16.3. The average Bonchev–Trinajstić information content (AvgIpc) is 2.85. The third-order valence-electron chi connectivity index (χ3n) is 3.03. The van der Waals surface area contributed by atoms with E-state index in [-0.39, 0.29) is 0 Å². The minimum atomic E-state index is -0.883. The summed E-state index contributed by atoms with van der Waals surface area (Å²) in [5, 5.41) is 4.02. The van der Waals surface area contributed by atoms with E-state index in [0.29, 0.717) is 23.4 Å². The Bertz CT molecular complexity index is 638. The molecule has 0 aromatic carbocycles. The van der Waals surface area contributed by atoms with Gasteiger partial charge in [0.2, 0.25) is 0 Å². The molecular formula is C13H11N3O3. The molecule has 2 aliphatic heterocycles. The number of fused-ring (bicyclic) bond motifs is 1. The van der Waals surface area contributed by atoms with Gasteiger partial charge in [-0.3, -0.25) is 9.59 Å². The zero-order valence-electron chi connectivity index (χ0n) is 10.2. The number of furan rings is 1. The number of aliphatic imine (C=N–C) groups is 1. The smallest absolute Gasteiger partial charge is 0.263 e. The fourth-order valence-corrected chi connectivity index (χ4v) is 2.19. The van der Waals surface area contributed by atoms with E-state index in [1.54, 1.807) is 25.3 Å². The monoisotopic (exact) mass is 257 g/mol. The van der Waals surface area contributed by atoms with Gasteiger partial charge in [0.1, 0.15) is 11.7 Å². The van der Waals surface area contributed by atoms with Gasteiger partial charge in [-0.05, 0) is 30.7 Å². The molecule has 1 atom stereocenters. The molecule has 6 heteroatoms. The Morgan fingerprint density at radius 1 is 1.42 bits per heavy atom. The van der Waals surface area contributed by atoms with E-state index in [1.165, 1.54) is 0 Å². The molecule has 0 aliphatic carbocycles. The van der Waals surface area contributed by atoms with Crippen LogP contribution in [0.2, 0.25) is 0 Å². The maximum atomic E-state index is 11.8. The predicted octanol–water partition coefficient (Wildman–Crippen LogP) is 0.852. The standard InChI is InChI=1S/C13H11N3O3/c1-7-5-9-10(6-8-3-2-4-19-8)15-16-13(18)11(9)12(17)14-7/h2-5,11H,6H2,1H3,(H,16,18)/t11-/m1/s1. The van der Waals surface area contributed by atoms with Gasteiger partial charge in [-0.2, -0.15) is 5.10 Å². The predicted molar refractivity (Wildman–Crippen MR) is 67.7 cm³/mol. The Balaban J connectivity index is 1.99. The number of hydrazone groups is 1. The Morgan fingerprint density at radius 2 is 2.26 bits per heavy atom. The molecule has 0 saturated carbocycles. The van der Waals surface area contributed by atoms with Crippen LogP contribution >= 0.6 is 0 Å². The van der Waals surface area contributed by atoms with Crippen molar-refractivity contribution in [2.45, 2.75) is 13.3 Å². The topological polar surface area (TPSA) is 84.0 Å². The first kappa shape index (κ1) is 11.6. The van der Waals surface area contributed by atoms with E-state index < -0.39 is 17.7 Å². The van der Waals surface area contributed by atoms with Crippen molar-refractivity contribution in [3.8, 4) is 0 Å². The highest BCUT2D eigenvalue weighted by Crippen LogP contribution is 2.24. The summed E-state index contributed by atoms with van der Waals surface area (Å²) in [5.41, 5.74) is 4.18. The van der Waals surface area contributed by atoms with Gasteiger partial charge >= 0.3 is 0 Å². The van der Waals surface area contributed by atoms with E-state index in [9.17, 15) is 9.59 Å². The molecule has 3 rings (SSSR count). The van der Waals surface area contributed by atoms with Crippen LogP contribution in [0.15, 0.2) is 44.6 Å². The number of allylic oxidation sites excluding steroid dienone is 1. The third kappa shape index (κ3) is 2.01. The zero-order chi connectivity index (χ0) is 13.4. The highest BCUT2D eigenvalue weighted by Gasteiger charge is 2.38. The number of hydrogen-bond acceptors (Lipinski definition) is 4. The first-order valence-electron chi connectivity index (χ1n) is 5.85. The van der Waals surface area contributed by atoms with Crippen LogP contribution < -0.4 is 5.43 Å². The number of rotatable bonds is 2.